The third-order valence-electron chi connectivity index (χ3n) is 6.38. The number of carbonyl (C=O) groups is 2. The van der Waals surface area contributed by atoms with E-state index >= 15 is 0 Å². The summed E-state index contributed by atoms with van der Waals surface area (Å²) in [7, 11) is 1.49. The molecule has 1 aromatic carbocycles. The topological polar surface area (TPSA) is 118 Å². The first kappa shape index (κ1) is 21.1. The first-order valence-corrected chi connectivity index (χ1v) is 11.2. The molecule has 6 rings (SSSR count). The molecule has 2 fully saturated rings. The Morgan fingerprint density at radius 1 is 1.31 bits per heavy atom. The van der Waals surface area contributed by atoms with Crippen molar-refractivity contribution in [3.05, 3.63) is 54.4 Å². The van der Waals surface area contributed by atoms with Gasteiger partial charge in [0, 0.05) is 42.2 Å². The Morgan fingerprint density at radius 2 is 2.20 bits per heavy atom. The van der Waals surface area contributed by atoms with Crippen LogP contribution < -0.4 is 14.8 Å². The second kappa shape index (κ2) is 8.12. The summed E-state index contributed by atoms with van der Waals surface area (Å²) in [6, 6.07) is 6.59. The number of morpholine rings is 1. The lowest BCUT2D eigenvalue weighted by Crippen LogP contribution is -2.45. The van der Waals surface area contributed by atoms with Crippen molar-refractivity contribution in [3.8, 4) is 11.5 Å². The van der Waals surface area contributed by atoms with Crippen molar-refractivity contribution in [2.24, 2.45) is 9.98 Å². The molecule has 0 radical (unpaired) electrons. The van der Waals surface area contributed by atoms with Gasteiger partial charge in [-0.3, -0.25) is 19.8 Å². The summed E-state index contributed by atoms with van der Waals surface area (Å²) in [6.45, 7) is 5.70. The average Bonchev–Trinajstić information content (AvgIpc) is 3.60. The number of ether oxygens (including phenoxy) is 3. The number of fused-ring (bicyclic) bond motifs is 5. The number of likely N-dealkylation sites (tertiary alicyclic amines) is 1. The molecule has 4 aliphatic rings. The average molecular weight is 474 g/mol. The highest BCUT2D eigenvalue weighted by Crippen LogP contribution is 2.44. The molecule has 2 aromatic rings. The van der Waals surface area contributed by atoms with Crippen LogP contribution in [0.2, 0.25) is 0 Å². The molecule has 1 N–H and O–H groups in total. The molecular weight excluding hydrogens is 452 g/mol. The van der Waals surface area contributed by atoms with Crippen LogP contribution >= 0.6 is 0 Å². The van der Waals surface area contributed by atoms with Gasteiger partial charge < -0.3 is 19.5 Å². The number of aliphatic imine (C=N–C) groups is 2. The molecular formula is C24H22N6O5. The van der Waals surface area contributed by atoms with Crippen molar-refractivity contribution < 1.29 is 23.8 Å². The highest BCUT2D eigenvalue weighted by molar-refractivity contribution is 6.17. The first-order valence-electron chi connectivity index (χ1n) is 11.2. The fraction of sp³-hybridized carbons (Fsp3) is 0.292. The third-order valence-corrected chi connectivity index (χ3v) is 6.38. The number of guanidine groups is 1. The summed E-state index contributed by atoms with van der Waals surface area (Å²) in [6.07, 6.45) is 2.99. The Hall–Kier alpha value is -4.41. The van der Waals surface area contributed by atoms with E-state index in [1.807, 2.05) is 17.0 Å². The monoisotopic (exact) mass is 474 g/mol. The number of esters is 1. The van der Waals surface area contributed by atoms with Gasteiger partial charge >= 0.3 is 12.1 Å². The van der Waals surface area contributed by atoms with E-state index in [2.05, 4.69) is 21.9 Å². The van der Waals surface area contributed by atoms with Crippen LogP contribution in [0.4, 0.5) is 10.5 Å². The maximum Gasteiger partial charge on any atom is 0.416 e. The fourth-order valence-corrected chi connectivity index (χ4v) is 4.72. The Kier molecular flexibility index (Phi) is 4.90. The highest BCUT2D eigenvalue weighted by atomic mass is 16.6. The van der Waals surface area contributed by atoms with E-state index in [1.165, 1.54) is 12.0 Å². The quantitative estimate of drug-likeness (QED) is 0.668. The summed E-state index contributed by atoms with van der Waals surface area (Å²) < 4.78 is 16.5. The van der Waals surface area contributed by atoms with Gasteiger partial charge in [0.05, 0.1) is 20.2 Å². The standard InChI is InChI=1S/C24H22N6O5/c1-13(14-4-3-7-25-11-14)27-23-28-19-16(21-26-8-9-29(21)23)5-6-18(20(19)33-2)35-24(32)30-12-15-10-17(30)22(31)34-15/h3-7,11,15,17H,1,8-10,12H2,2H3,(H,27,28)/t15-,17-/m1/s1. The number of hydrogen-bond acceptors (Lipinski definition) is 10. The lowest BCUT2D eigenvalue weighted by Gasteiger charge is -2.30. The van der Waals surface area contributed by atoms with Gasteiger partial charge in [-0.25, -0.2) is 14.6 Å². The van der Waals surface area contributed by atoms with E-state index in [0.29, 0.717) is 49.1 Å². The maximum atomic E-state index is 12.9. The molecule has 35 heavy (non-hydrogen) atoms. The van der Waals surface area contributed by atoms with Gasteiger partial charge in [-0.15, -0.1) is 0 Å². The van der Waals surface area contributed by atoms with Gasteiger partial charge in [-0.05, 0) is 24.3 Å². The van der Waals surface area contributed by atoms with E-state index in [-0.39, 0.29) is 11.9 Å². The number of pyridine rings is 1. The summed E-state index contributed by atoms with van der Waals surface area (Å²) in [5, 5.41) is 3.26. The van der Waals surface area contributed by atoms with Crippen molar-refractivity contribution in [1.29, 1.82) is 0 Å². The van der Waals surface area contributed by atoms with Crippen LogP contribution in [0.1, 0.15) is 17.5 Å². The zero-order chi connectivity index (χ0) is 24.1. The van der Waals surface area contributed by atoms with E-state index < -0.39 is 18.1 Å². The molecule has 0 unspecified atom stereocenters. The van der Waals surface area contributed by atoms with Crippen LogP contribution in [0.5, 0.6) is 11.5 Å². The third kappa shape index (κ3) is 3.47. The largest absolute Gasteiger partial charge is 0.491 e. The van der Waals surface area contributed by atoms with Crippen molar-refractivity contribution in [1.82, 2.24) is 20.1 Å². The van der Waals surface area contributed by atoms with Gasteiger partial charge in [0.15, 0.2) is 11.5 Å². The molecule has 0 spiro atoms. The maximum absolute atomic E-state index is 12.9. The molecule has 2 bridgehead atoms. The fourth-order valence-electron chi connectivity index (χ4n) is 4.72. The number of aromatic nitrogens is 1. The van der Waals surface area contributed by atoms with E-state index in [1.54, 1.807) is 24.5 Å². The van der Waals surface area contributed by atoms with Crippen molar-refractivity contribution >= 4 is 35.2 Å². The van der Waals surface area contributed by atoms with Crippen LogP contribution in [-0.2, 0) is 9.53 Å². The van der Waals surface area contributed by atoms with Crippen LogP contribution in [0.15, 0.2) is 53.2 Å². The number of methoxy groups -OCH3 is 1. The molecule has 0 saturated carbocycles. The van der Waals surface area contributed by atoms with E-state index in [4.69, 9.17) is 19.2 Å². The molecule has 1 amide bonds. The minimum absolute atomic E-state index is 0.202. The minimum Gasteiger partial charge on any atom is -0.491 e. The smallest absolute Gasteiger partial charge is 0.416 e. The molecule has 2 atom stereocenters. The second-order valence-electron chi connectivity index (χ2n) is 8.46. The molecule has 11 heteroatoms. The van der Waals surface area contributed by atoms with Crippen molar-refractivity contribution in [2.75, 3.05) is 26.7 Å². The van der Waals surface area contributed by atoms with Gasteiger partial charge in [-0.2, -0.15) is 0 Å². The summed E-state index contributed by atoms with van der Waals surface area (Å²) >= 11 is 0. The summed E-state index contributed by atoms with van der Waals surface area (Å²) in [5.74, 6) is 1.37. The normalized spacial score (nSPS) is 21.6. The van der Waals surface area contributed by atoms with Crippen molar-refractivity contribution in [2.45, 2.75) is 18.6 Å². The molecule has 2 saturated heterocycles. The molecule has 0 aliphatic carbocycles. The highest BCUT2D eigenvalue weighted by Gasteiger charge is 2.49. The minimum atomic E-state index is -0.629. The van der Waals surface area contributed by atoms with E-state index in [9.17, 15) is 9.59 Å². The predicted molar refractivity (Wildman–Crippen MR) is 126 cm³/mol. The second-order valence-corrected chi connectivity index (χ2v) is 8.46. The summed E-state index contributed by atoms with van der Waals surface area (Å²) in [5.41, 5.74) is 2.70. The number of benzene rings is 1. The van der Waals surface area contributed by atoms with Crippen LogP contribution in [0, 0.1) is 0 Å². The van der Waals surface area contributed by atoms with Crippen LogP contribution in [0.3, 0.4) is 0 Å². The number of nitrogens with zero attached hydrogens (tertiary/aromatic N) is 5. The zero-order valence-electron chi connectivity index (χ0n) is 18.9. The number of nitrogens with one attached hydrogen (secondary N) is 1. The molecule has 5 heterocycles. The zero-order valence-corrected chi connectivity index (χ0v) is 18.9. The lowest BCUT2D eigenvalue weighted by molar-refractivity contribution is -0.149. The number of carbonyl (C=O) groups excluding carboxylic acids is 2. The van der Waals surface area contributed by atoms with Gasteiger partial charge in [0.2, 0.25) is 5.96 Å². The molecule has 1 aromatic heterocycles. The Balaban J connectivity index is 1.32. The lowest BCUT2D eigenvalue weighted by atomic mass is 10.1. The van der Waals surface area contributed by atoms with Gasteiger partial charge in [0.25, 0.3) is 0 Å². The van der Waals surface area contributed by atoms with Crippen molar-refractivity contribution in [3.63, 3.8) is 0 Å². The number of hydrogen-bond donors (Lipinski definition) is 1. The van der Waals surface area contributed by atoms with Gasteiger partial charge in [-0.1, -0.05) is 6.58 Å². The SMILES string of the molecule is C=C(NC1=Nc2c(ccc(OC(=O)N3C[C@H]4C[C@@H]3C(=O)O4)c2OC)C2=NCCN12)c1cccnc1. The number of rotatable bonds is 4. The van der Waals surface area contributed by atoms with Crippen LogP contribution in [0.25, 0.3) is 5.70 Å². The number of amides is 1. The Bertz CT molecular complexity index is 1310. The first-order chi connectivity index (χ1) is 17.0. The summed E-state index contributed by atoms with van der Waals surface area (Å²) in [4.78, 5) is 41.7. The van der Waals surface area contributed by atoms with Gasteiger partial charge in [0.1, 0.15) is 23.7 Å². The molecule has 4 aliphatic heterocycles. The Morgan fingerprint density at radius 3 is 2.94 bits per heavy atom. The van der Waals surface area contributed by atoms with E-state index in [0.717, 1.165) is 17.0 Å². The molecule has 178 valence electrons. The predicted octanol–water partition coefficient (Wildman–Crippen LogP) is 1.91. The van der Waals surface area contributed by atoms with Crippen LogP contribution in [-0.4, -0.2) is 77.5 Å². The Labute approximate surface area is 200 Å². The molecule has 11 nitrogen and oxygen atoms in total. The number of amidine groups is 1.